The highest BCUT2D eigenvalue weighted by atomic mass is 16.5. The summed E-state index contributed by atoms with van der Waals surface area (Å²) in [6.07, 6.45) is 1.43. The first-order chi connectivity index (χ1) is 13.5. The van der Waals surface area contributed by atoms with Crippen molar-refractivity contribution in [3.63, 3.8) is 0 Å². The highest BCUT2D eigenvalue weighted by molar-refractivity contribution is 6.01. The molecular weight excluding hydrogens is 356 g/mol. The quantitative estimate of drug-likeness (QED) is 0.651. The normalized spacial score (nSPS) is 14.4. The molecule has 142 valence electrons. The number of amides is 1. The van der Waals surface area contributed by atoms with Crippen molar-refractivity contribution in [3.05, 3.63) is 65.9 Å². The lowest BCUT2D eigenvalue weighted by atomic mass is 10.00. The van der Waals surface area contributed by atoms with E-state index in [-0.39, 0.29) is 11.7 Å². The molecule has 0 saturated heterocycles. The lowest BCUT2D eigenvalue weighted by Crippen LogP contribution is -2.28. The van der Waals surface area contributed by atoms with E-state index in [1.807, 2.05) is 30.3 Å². The molecule has 1 N–H and O–H groups in total. The SMILES string of the molecule is COc1cccc(-c2cc(C3(C(=O)Nc4ccc(C(C)=O)cc4)CC3)no2)c1. The van der Waals surface area contributed by atoms with Crippen molar-refractivity contribution in [3.8, 4) is 17.1 Å². The van der Waals surface area contributed by atoms with Crippen LogP contribution in [-0.4, -0.2) is 24.0 Å². The molecule has 1 amide bonds. The van der Waals surface area contributed by atoms with Crippen molar-refractivity contribution >= 4 is 17.4 Å². The number of carbonyl (C=O) groups excluding carboxylic acids is 2. The monoisotopic (exact) mass is 376 g/mol. The summed E-state index contributed by atoms with van der Waals surface area (Å²) in [4.78, 5) is 24.3. The Morgan fingerprint density at radius 3 is 2.50 bits per heavy atom. The molecule has 6 heteroatoms. The zero-order valence-electron chi connectivity index (χ0n) is 15.7. The Bertz CT molecular complexity index is 1030. The van der Waals surface area contributed by atoms with E-state index >= 15 is 0 Å². The molecule has 1 aromatic heterocycles. The highest BCUT2D eigenvalue weighted by Gasteiger charge is 2.53. The number of nitrogens with one attached hydrogen (secondary N) is 1. The van der Waals surface area contributed by atoms with Crippen LogP contribution in [0.2, 0.25) is 0 Å². The van der Waals surface area contributed by atoms with E-state index in [1.165, 1.54) is 6.92 Å². The van der Waals surface area contributed by atoms with Crippen LogP contribution in [-0.2, 0) is 10.2 Å². The second-order valence-electron chi connectivity index (χ2n) is 6.98. The molecule has 0 aliphatic heterocycles. The number of benzene rings is 2. The number of ether oxygens (including phenoxy) is 1. The lowest BCUT2D eigenvalue weighted by Gasteiger charge is -2.12. The van der Waals surface area contributed by atoms with Crippen molar-refractivity contribution in [2.75, 3.05) is 12.4 Å². The van der Waals surface area contributed by atoms with E-state index in [0.29, 0.717) is 35.5 Å². The van der Waals surface area contributed by atoms with E-state index in [4.69, 9.17) is 9.26 Å². The first-order valence-corrected chi connectivity index (χ1v) is 9.06. The zero-order valence-corrected chi connectivity index (χ0v) is 15.7. The first kappa shape index (κ1) is 18.0. The van der Waals surface area contributed by atoms with Crippen LogP contribution in [0.5, 0.6) is 5.75 Å². The van der Waals surface area contributed by atoms with Crippen LogP contribution in [0.1, 0.15) is 35.8 Å². The van der Waals surface area contributed by atoms with Crippen molar-refractivity contribution < 1.29 is 18.8 Å². The van der Waals surface area contributed by atoms with E-state index in [9.17, 15) is 9.59 Å². The summed E-state index contributed by atoms with van der Waals surface area (Å²) >= 11 is 0. The molecule has 1 aliphatic carbocycles. The van der Waals surface area contributed by atoms with E-state index in [2.05, 4.69) is 10.5 Å². The van der Waals surface area contributed by atoms with Crippen LogP contribution in [0, 0.1) is 0 Å². The van der Waals surface area contributed by atoms with Gasteiger partial charge >= 0.3 is 0 Å². The standard InChI is InChI=1S/C22H20N2O4/c1-14(25)15-6-8-17(9-7-15)23-21(26)22(10-11-22)20-13-19(28-24-20)16-4-3-5-18(12-16)27-2/h3-9,12-13H,10-11H2,1-2H3,(H,23,26). The van der Waals surface area contributed by atoms with Gasteiger partial charge in [-0.15, -0.1) is 0 Å². The number of Topliss-reactive ketones (excluding diaryl/α,β-unsaturated/α-hetero) is 1. The van der Waals surface area contributed by atoms with Crippen LogP contribution >= 0.6 is 0 Å². The van der Waals surface area contributed by atoms with Gasteiger partial charge in [-0.25, -0.2) is 0 Å². The molecule has 1 fully saturated rings. The third kappa shape index (κ3) is 3.29. The van der Waals surface area contributed by atoms with Gasteiger partial charge in [0.1, 0.15) is 5.75 Å². The van der Waals surface area contributed by atoms with Crippen LogP contribution in [0.25, 0.3) is 11.3 Å². The van der Waals surface area contributed by atoms with Gasteiger partial charge in [0.15, 0.2) is 11.5 Å². The lowest BCUT2D eigenvalue weighted by molar-refractivity contribution is -0.118. The summed E-state index contributed by atoms with van der Waals surface area (Å²) < 4.78 is 10.7. The summed E-state index contributed by atoms with van der Waals surface area (Å²) in [5.74, 6) is 1.19. The van der Waals surface area contributed by atoms with E-state index in [1.54, 1.807) is 31.4 Å². The molecular formula is C22H20N2O4. The number of anilines is 1. The molecule has 3 aromatic rings. The summed E-state index contributed by atoms with van der Waals surface area (Å²) in [6, 6.07) is 16.2. The zero-order chi connectivity index (χ0) is 19.7. The van der Waals surface area contributed by atoms with E-state index < -0.39 is 5.41 Å². The fraction of sp³-hybridized carbons (Fsp3) is 0.227. The average molecular weight is 376 g/mol. The third-order valence-electron chi connectivity index (χ3n) is 5.09. The number of methoxy groups -OCH3 is 1. The summed E-state index contributed by atoms with van der Waals surface area (Å²) in [6.45, 7) is 1.51. The Morgan fingerprint density at radius 1 is 1.11 bits per heavy atom. The minimum atomic E-state index is -0.667. The van der Waals surface area contributed by atoms with Gasteiger partial charge in [0.05, 0.1) is 18.2 Å². The number of aromatic nitrogens is 1. The van der Waals surface area contributed by atoms with Crippen molar-refractivity contribution in [1.29, 1.82) is 0 Å². The Morgan fingerprint density at radius 2 is 1.86 bits per heavy atom. The Labute approximate surface area is 162 Å². The van der Waals surface area contributed by atoms with Crippen molar-refractivity contribution in [2.24, 2.45) is 0 Å². The van der Waals surface area contributed by atoms with Gasteiger partial charge in [-0.05, 0) is 56.2 Å². The maximum atomic E-state index is 12.9. The topological polar surface area (TPSA) is 81.4 Å². The molecule has 0 radical (unpaired) electrons. The van der Waals surface area contributed by atoms with Gasteiger partial charge in [-0.2, -0.15) is 0 Å². The number of rotatable bonds is 6. The van der Waals surface area contributed by atoms with E-state index in [0.717, 1.165) is 11.3 Å². The van der Waals surface area contributed by atoms with Crippen molar-refractivity contribution in [1.82, 2.24) is 5.16 Å². The van der Waals surface area contributed by atoms with Gasteiger partial charge in [-0.3, -0.25) is 9.59 Å². The number of carbonyl (C=O) groups is 2. The fourth-order valence-electron chi connectivity index (χ4n) is 3.18. The van der Waals surface area contributed by atoms with Gasteiger partial charge < -0.3 is 14.6 Å². The predicted molar refractivity (Wildman–Crippen MR) is 104 cm³/mol. The highest BCUT2D eigenvalue weighted by Crippen LogP contribution is 2.49. The van der Waals surface area contributed by atoms with Gasteiger partial charge in [0.2, 0.25) is 5.91 Å². The number of hydrogen-bond donors (Lipinski definition) is 1. The second-order valence-corrected chi connectivity index (χ2v) is 6.98. The Kier molecular flexibility index (Phi) is 4.47. The molecule has 0 spiro atoms. The smallest absolute Gasteiger partial charge is 0.236 e. The summed E-state index contributed by atoms with van der Waals surface area (Å²) in [5.41, 5.74) is 2.06. The largest absolute Gasteiger partial charge is 0.497 e. The van der Waals surface area contributed by atoms with Gasteiger partial charge in [-0.1, -0.05) is 17.3 Å². The van der Waals surface area contributed by atoms with Crippen LogP contribution in [0.3, 0.4) is 0 Å². The Hall–Kier alpha value is -3.41. The molecule has 0 unspecified atom stereocenters. The van der Waals surface area contributed by atoms with Crippen LogP contribution in [0.15, 0.2) is 59.1 Å². The molecule has 1 aliphatic rings. The fourth-order valence-corrected chi connectivity index (χ4v) is 3.18. The summed E-state index contributed by atoms with van der Waals surface area (Å²) in [5, 5.41) is 7.09. The number of nitrogens with zero attached hydrogens (tertiary/aromatic N) is 1. The minimum absolute atomic E-state index is 0.00999. The molecule has 6 nitrogen and oxygen atoms in total. The predicted octanol–water partition coefficient (Wildman–Crippen LogP) is 4.22. The minimum Gasteiger partial charge on any atom is -0.497 e. The molecule has 1 saturated carbocycles. The van der Waals surface area contributed by atoms with Crippen LogP contribution < -0.4 is 10.1 Å². The van der Waals surface area contributed by atoms with Crippen molar-refractivity contribution in [2.45, 2.75) is 25.2 Å². The van der Waals surface area contributed by atoms with Gasteiger partial charge in [0, 0.05) is 22.9 Å². The molecule has 28 heavy (non-hydrogen) atoms. The summed E-state index contributed by atoms with van der Waals surface area (Å²) in [7, 11) is 1.61. The first-order valence-electron chi connectivity index (χ1n) is 9.06. The number of ketones is 1. The Balaban J connectivity index is 1.53. The van der Waals surface area contributed by atoms with Gasteiger partial charge in [0.25, 0.3) is 0 Å². The maximum absolute atomic E-state index is 12.9. The molecule has 0 atom stereocenters. The molecule has 0 bridgehead atoms. The second kappa shape index (κ2) is 6.96. The van der Waals surface area contributed by atoms with Crippen LogP contribution in [0.4, 0.5) is 5.69 Å². The average Bonchev–Trinajstić information content (AvgIpc) is 3.38. The molecule has 1 heterocycles. The molecule has 2 aromatic carbocycles. The maximum Gasteiger partial charge on any atom is 0.236 e. The number of hydrogen-bond acceptors (Lipinski definition) is 5. The molecule has 4 rings (SSSR count). The third-order valence-corrected chi connectivity index (χ3v) is 5.09.